The van der Waals surface area contributed by atoms with Crippen LogP contribution in [0.3, 0.4) is 0 Å². The fourth-order valence-corrected chi connectivity index (χ4v) is 3.67. The van der Waals surface area contributed by atoms with Crippen molar-refractivity contribution in [1.29, 1.82) is 0 Å². The Morgan fingerprint density at radius 2 is 1.53 bits per heavy atom. The first-order valence-electron chi connectivity index (χ1n) is 7.98. The second-order valence-corrected chi connectivity index (χ2v) is 7.17. The highest BCUT2D eigenvalue weighted by Crippen LogP contribution is 2.34. The Morgan fingerprint density at radius 1 is 0.947 bits per heavy atom. The molecule has 1 aliphatic rings. The van der Waals surface area contributed by atoms with Gasteiger partial charge in [0.2, 0.25) is 0 Å². The molecule has 1 rings (SSSR count). The SMILES string of the molecule is CCCCCCCCCCCCC1=C[SH](C=O)C=C1. The van der Waals surface area contributed by atoms with Crippen LogP contribution in [-0.4, -0.2) is 5.62 Å². The van der Waals surface area contributed by atoms with Crippen molar-refractivity contribution < 1.29 is 4.79 Å². The zero-order chi connectivity index (χ0) is 13.8. The molecule has 0 aromatic heterocycles. The Bertz CT molecular complexity index is 294. The Hall–Kier alpha value is -0.500. The van der Waals surface area contributed by atoms with Crippen molar-refractivity contribution in [3.8, 4) is 0 Å². The van der Waals surface area contributed by atoms with Crippen LogP contribution >= 0.6 is 10.9 Å². The van der Waals surface area contributed by atoms with Crippen LogP contribution in [0.1, 0.15) is 77.6 Å². The van der Waals surface area contributed by atoms with Crippen molar-refractivity contribution in [2.45, 2.75) is 77.6 Å². The number of hydrogen-bond donors (Lipinski definition) is 1. The van der Waals surface area contributed by atoms with E-state index in [0.717, 1.165) is 5.62 Å². The van der Waals surface area contributed by atoms with Crippen molar-refractivity contribution >= 4 is 16.5 Å². The van der Waals surface area contributed by atoms with Crippen molar-refractivity contribution in [1.82, 2.24) is 0 Å². The van der Waals surface area contributed by atoms with Crippen LogP contribution in [0.5, 0.6) is 0 Å². The van der Waals surface area contributed by atoms with E-state index < -0.39 is 10.9 Å². The van der Waals surface area contributed by atoms with Gasteiger partial charge in [0.05, 0.1) is 0 Å². The number of thiol groups is 1. The summed E-state index contributed by atoms with van der Waals surface area (Å²) in [5, 5.41) is 4.23. The monoisotopic (exact) mass is 282 g/mol. The predicted molar refractivity (Wildman–Crippen MR) is 89.4 cm³/mol. The van der Waals surface area contributed by atoms with Crippen molar-refractivity contribution in [3.63, 3.8) is 0 Å². The van der Waals surface area contributed by atoms with Gasteiger partial charge in [0.25, 0.3) is 0 Å². The average Bonchev–Trinajstić information content (AvgIpc) is 2.89. The number of carbonyl (C=O) groups is 1. The molecule has 0 spiro atoms. The van der Waals surface area contributed by atoms with Gasteiger partial charge in [0.1, 0.15) is 0 Å². The Labute approximate surface area is 121 Å². The third-order valence-corrected chi connectivity index (χ3v) is 5.08. The van der Waals surface area contributed by atoms with Gasteiger partial charge in [-0.25, -0.2) is 0 Å². The largest absolute Gasteiger partial charge is 0.292 e. The first-order chi connectivity index (χ1) is 9.36. The van der Waals surface area contributed by atoms with Gasteiger partial charge in [-0.3, -0.25) is 4.79 Å². The van der Waals surface area contributed by atoms with E-state index in [1.165, 1.54) is 76.2 Å². The number of rotatable bonds is 12. The van der Waals surface area contributed by atoms with Crippen molar-refractivity contribution in [2.24, 2.45) is 0 Å². The van der Waals surface area contributed by atoms with Crippen molar-refractivity contribution in [3.05, 3.63) is 22.5 Å². The maximum Gasteiger partial charge on any atom is 0.163 e. The van der Waals surface area contributed by atoms with E-state index in [-0.39, 0.29) is 0 Å². The number of hydrogen-bond acceptors (Lipinski definition) is 1. The van der Waals surface area contributed by atoms with Gasteiger partial charge in [-0.1, -0.05) is 70.8 Å². The molecule has 0 saturated carbocycles. The molecule has 1 heterocycles. The molecule has 0 saturated heterocycles. The molecular weight excluding hydrogens is 252 g/mol. The van der Waals surface area contributed by atoms with Crippen LogP contribution in [0.15, 0.2) is 22.5 Å². The van der Waals surface area contributed by atoms with Crippen LogP contribution in [0.2, 0.25) is 0 Å². The molecule has 1 atom stereocenters. The summed E-state index contributed by atoms with van der Waals surface area (Å²) in [5.74, 6) is 0. The second kappa shape index (κ2) is 11.3. The molecule has 2 heteroatoms. The molecule has 0 amide bonds. The summed E-state index contributed by atoms with van der Waals surface area (Å²) in [7, 11) is -0.543. The summed E-state index contributed by atoms with van der Waals surface area (Å²) in [5.41, 5.74) is 2.47. The zero-order valence-corrected chi connectivity index (χ0v) is 13.3. The van der Waals surface area contributed by atoms with E-state index in [2.05, 4.69) is 23.8 Å². The van der Waals surface area contributed by atoms with Gasteiger partial charge >= 0.3 is 0 Å². The Morgan fingerprint density at radius 3 is 2.05 bits per heavy atom. The summed E-state index contributed by atoms with van der Waals surface area (Å²) in [6.07, 6.45) is 17.2. The molecule has 0 bridgehead atoms. The van der Waals surface area contributed by atoms with Gasteiger partial charge < -0.3 is 0 Å². The summed E-state index contributed by atoms with van der Waals surface area (Å²) in [6, 6.07) is 0. The smallest absolute Gasteiger partial charge is 0.163 e. The highest BCUT2D eigenvalue weighted by atomic mass is 32.2. The highest BCUT2D eigenvalue weighted by molar-refractivity contribution is 8.33. The lowest BCUT2D eigenvalue weighted by atomic mass is 10.0. The molecule has 19 heavy (non-hydrogen) atoms. The third-order valence-electron chi connectivity index (χ3n) is 3.72. The Kier molecular flexibility index (Phi) is 9.88. The van der Waals surface area contributed by atoms with Gasteiger partial charge in [-0.2, -0.15) is 10.9 Å². The minimum atomic E-state index is -0.543. The van der Waals surface area contributed by atoms with E-state index in [4.69, 9.17) is 0 Å². The fraction of sp³-hybridized carbons (Fsp3) is 0.706. The lowest BCUT2D eigenvalue weighted by Crippen LogP contribution is -1.83. The lowest BCUT2D eigenvalue weighted by molar-refractivity contribution is 0.556. The van der Waals surface area contributed by atoms with Crippen LogP contribution in [-0.2, 0) is 4.79 Å². The molecule has 0 aromatic carbocycles. The van der Waals surface area contributed by atoms with E-state index in [1.54, 1.807) is 0 Å². The standard InChI is InChI=1S/C17H30OS/c1-2-3-4-5-6-7-8-9-10-11-12-17-13-14-19(15-17)16-18/h13-16,19H,2-12H2,1H3. The molecule has 0 N–H and O–H groups in total. The maximum absolute atomic E-state index is 10.6. The van der Waals surface area contributed by atoms with Gasteiger partial charge in [-0.05, 0) is 29.2 Å². The fourth-order valence-electron chi connectivity index (χ4n) is 2.49. The summed E-state index contributed by atoms with van der Waals surface area (Å²) >= 11 is 0. The number of allylic oxidation sites excluding steroid dienone is 2. The number of carbonyl (C=O) groups excluding carboxylic acids is 1. The molecule has 0 aliphatic carbocycles. The molecule has 0 radical (unpaired) electrons. The van der Waals surface area contributed by atoms with E-state index in [1.807, 2.05) is 0 Å². The average molecular weight is 282 g/mol. The van der Waals surface area contributed by atoms with Crippen LogP contribution in [0, 0.1) is 0 Å². The Balaban J connectivity index is 1.84. The van der Waals surface area contributed by atoms with Crippen LogP contribution in [0.25, 0.3) is 0 Å². The van der Waals surface area contributed by atoms with Gasteiger partial charge in [0, 0.05) is 0 Å². The topological polar surface area (TPSA) is 17.1 Å². The maximum atomic E-state index is 10.6. The highest BCUT2D eigenvalue weighted by Gasteiger charge is 2.04. The van der Waals surface area contributed by atoms with E-state index >= 15 is 0 Å². The molecule has 0 aromatic rings. The van der Waals surface area contributed by atoms with Crippen LogP contribution in [0.4, 0.5) is 0 Å². The summed E-state index contributed by atoms with van der Waals surface area (Å²) in [4.78, 5) is 10.6. The van der Waals surface area contributed by atoms with E-state index in [9.17, 15) is 4.79 Å². The minimum Gasteiger partial charge on any atom is -0.292 e. The van der Waals surface area contributed by atoms with Crippen LogP contribution < -0.4 is 0 Å². The first kappa shape index (κ1) is 16.6. The first-order valence-corrected chi connectivity index (χ1v) is 9.53. The van der Waals surface area contributed by atoms with Gasteiger partial charge in [-0.15, -0.1) is 0 Å². The summed E-state index contributed by atoms with van der Waals surface area (Å²) < 4.78 is 0. The molecular formula is C17H30OS. The lowest BCUT2D eigenvalue weighted by Gasteiger charge is -2.02. The van der Waals surface area contributed by atoms with Crippen molar-refractivity contribution in [2.75, 3.05) is 0 Å². The quantitative estimate of drug-likeness (QED) is 0.268. The molecule has 1 aliphatic heterocycles. The summed E-state index contributed by atoms with van der Waals surface area (Å²) in [6.45, 7) is 2.27. The predicted octanol–water partition coefficient (Wildman–Crippen LogP) is 5.90. The van der Waals surface area contributed by atoms with E-state index in [0.29, 0.717) is 0 Å². The molecule has 1 nitrogen and oxygen atoms in total. The van der Waals surface area contributed by atoms with Gasteiger partial charge in [0.15, 0.2) is 5.62 Å². The second-order valence-electron chi connectivity index (χ2n) is 5.50. The normalized spacial score (nSPS) is 19.6. The third kappa shape index (κ3) is 8.30. The molecule has 0 fully saturated rings. The zero-order valence-electron chi connectivity index (χ0n) is 12.4. The molecule has 1 unspecified atom stereocenters. The number of unbranched alkanes of at least 4 members (excludes halogenated alkanes) is 9. The minimum absolute atomic E-state index is 0.543. The molecule has 110 valence electrons.